The normalized spacial score (nSPS) is 17.4. The first-order valence-electron chi connectivity index (χ1n) is 11.7. The molecule has 0 radical (unpaired) electrons. The quantitative estimate of drug-likeness (QED) is 0.381. The van der Waals surface area contributed by atoms with Gasteiger partial charge < -0.3 is 9.47 Å². The lowest BCUT2D eigenvalue weighted by molar-refractivity contribution is 0.417. The van der Waals surface area contributed by atoms with Crippen LogP contribution in [0.4, 0.5) is 0 Å². The Morgan fingerprint density at radius 3 is 1.64 bits per heavy atom. The van der Waals surface area contributed by atoms with Gasteiger partial charge in [0.1, 0.15) is 11.5 Å². The first-order valence-corrected chi connectivity index (χ1v) is 14.6. The molecule has 0 aromatic heterocycles. The molecule has 4 heteroatoms. The molecule has 0 saturated heterocycles. The van der Waals surface area contributed by atoms with E-state index >= 15 is 0 Å². The largest absolute Gasteiger partial charge is 0.496 e. The van der Waals surface area contributed by atoms with E-state index in [0.29, 0.717) is 11.3 Å². The van der Waals surface area contributed by atoms with Gasteiger partial charge in [-0.15, -0.1) is 0 Å². The maximum Gasteiger partial charge on any atom is 0.126 e. The first kappa shape index (κ1) is 26.0. The van der Waals surface area contributed by atoms with Gasteiger partial charge in [0.15, 0.2) is 0 Å². The third kappa shape index (κ3) is 5.55. The molecule has 0 fully saturated rings. The molecule has 2 aromatic rings. The molecule has 0 bridgehead atoms. The van der Waals surface area contributed by atoms with E-state index in [1.165, 1.54) is 10.6 Å². The molecule has 0 heterocycles. The third-order valence-electron chi connectivity index (χ3n) is 6.21. The maximum atomic E-state index is 5.87. The Balaban J connectivity index is 2.17. The van der Waals surface area contributed by atoms with Crippen LogP contribution in [0, 0.1) is 0 Å². The van der Waals surface area contributed by atoms with Crippen molar-refractivity contribution < 1.29 is 9.47 Å². The van der Waals surface area contributed by atoms with Crippen molar-refractivity contribution in [3.63, 3.8) is 0 Å². The maximum absolute atomic E-state index is 5.87. The van der Waals surface area contributed by atoms with Crippen LogP contribution in [0.25, 0.3) is 0 Å². The molecule has 1 unspecified atom stereocenters. The molecule has 2 aromatic carbocycles. The average Bonchev–Trinajstić information content (AvgIpc) is 3.22. The lowest BCUT2D eigenvalue weighted by Gasteiger charge is -2.47. The highest BCUT2D eigenvalue weighted by atomic mass is 31.1. The van der Waals surface area contributed by atoms with Gasteiger partial charge in [0.05, 0.1) is 14.2 Å². The van der Waals surface area contributed by atoms with Gasteiger partial charge in [0.25, 0.3) is 0 Å². The Labute approximate surface area is 204 Å². The zero-order chi connectivity index (χ0) is 24.4. The van der Waals surface area contributed by atoms with Gasteiger partial charge in [0, 0.05) is 16.3 Å². The van der Waals surface area contributed by atoms with Gasteiger partial charge in [-0.2, -0.15) is 0 Å². The minimum absolute atomic E-state index is 0.263. The number of para-hydroxylation sites is 2. The predicted octanol–water partition coefficient (Wildman–Crippen LogP) is 7.47. The third-order valence-corrected chi connectivity index (χ3v) is 13.0. The van der Waals surface area contributed by atoms with Gasteiger partial charge >= 0.3 is 0 Å². The van der Waals surface area contributed by atoms with Gasteiger partial charge in [-0.3, -0.25) is 0 Å². The summed E-state index contributed by atoms with van der Waals surface area (Å²) >= 11 is 0. The Hall–Kier alpha value is -1.62. The van der Waals surface area contributed by atoms with E-state index in [-0.39, 0.29) is 18.2 Å². The van der Waals surface area contributed by atoms with Gasteiger partial charge in [-0.1, -0.05) is 117 Å². The zero-order valence-corrected chi connectivity index (χ0v) is 23.5. The van der Waals surface area contributed by atoms with Crippen molar-refractivity contribution >= 4 is 26.5 Å². The highest BCUT2D eigenvalue weighted by molar-refractivity contribution is 7.74. The summed E-state index contributed by atoms with van der Waals surface area (Å²) in [6, 6.07) is 17.0. The highest BCUT2D eigenvalue weighted by Crippen LogP contribution is 2.66. The molecule has 1 aliphatic rings. The van der Waals surface area contributed by atoms with Crippen molar-refractivity contribution in [3.05, 3.63) is 72.3 Å². The number of benzene rings is 2. The topological polar surface area (TPSA) is 18.5 Å². The van der Waals surface area contributed by atoms with Gasteiger partial charge in [0.2, 0.25) is 0 Å². The summed E-state index contributed by atoms with van der Waals surface area (Å²) in [5.74, 6) is 1.91. The van der Waals surface area contributed by atoms with Gasteiger partial charge in [-0.05, 0) is 36.0 Å². The Kier molecular flexibility index (Phi) is 8.14. The van der Waals surface area contributed by atoms with Gasteiger partial charge in [-0.25, -0.2) is 0 Å². The molecule has 33 heavy (non-hydrogen) atoms. The molecule has 0 saturated carbocycles. The molecule has 0 N–H and O–H groups in total. The molecule has 0 aliphatic heterocycles. The van der Waals surface area contributed by atoms with E-state index in [2.05, 4.69) is 115 Å². The number of rotatable bonds is 7. The van der Waals surface area contributed by atoms with Crippen LogP contribution in [0.3, 0.4) is 0 Å². The van der Waals surface area contributed by atoms with Crippen molar-refractivity contribution in [1.82, 2.24) is 0 Å². The Bertz CT molecular complexity index is 949. The van der Waals surface area contributed by atoms with E-state index < -0.39 is 7.92 Å². The van der Waals surface area contributed by atoms with Crippen LogP contribution in [-0.2, 0) is 0 Å². The monoisotopic (exact) mass is 482 g/mol. The molecular weight excluding hydrogens is 442 g/mol. The lowest BCUT2D eigenvalue weighted by atomic mass is 10.1. The molecule has 0 spiro atoms. The van der Waals surface area contributed by atoms with Crippen LogP contribution in [0.5, 0.6) is 11.5 Å². The highest BCUT2D eigenvalue weighted by Gasteiger charge is 2.42. The van der Waals surface area contributed by atoms with Crippen molar-refractivity contribution in [1.29, 1.82) is 0 Å². The van der Waals surface area contributed by atoms with E-state index in [0.717, 1.165) is 11.5 Å². The number of methoxy groups -OCH3 is 2. The summed E-state index contributed by atoms with van der Waals surface area (Å²) < 4.78 is 11.7. The molecule has 2 nitrogen and oxygen atoms in total. The second-order valence-corrected chi connectivity index (χ2v) is 17.1. The minimum Gasteiger partial charge on any atom is -0.496 e. The fraction of sp³-hybridized carbons (Fsp3) is 0.448. The SMILES string of the molecule is COc1ccccc1P(c1ccccc1OC)C1C=CC=C1[C@H](C)P(C(C)(C)C)C(C)(C)C. The first-order chi connectivity index (χ1) is 15.5. The fourth-order valence-corrected chi connectivity index (χ4v) is 13.5. The molecule has 2 atom stereocenters. The summed E-state index contributed by atoms with van der Waals surface area (Å²) in [5.41, 5.74) is 2.38. The van der Waals surface area contributed by atoms with Crippen molar-refractivity contribution in [2.45, 2.75) is 70.1 Å². The number of allylic oxidation sites excluding steroid dienone is 4. The summed E-state index contributed by atoms with van der Waals surface area (Å²) in [7, 11) is 2.49. The molecular formula is C29H40O2P2. The molecule has 0 amide bonds. The van der Waals surface area contributed by atoms with Crippen LogP contribution in [0.15, 0.2) is 72.3 Å². The zero-order valence-electron chi connectivity index (χ0n) is 21.7. The second kappa shape index (κ2) is 10.3. The van der Waals surface area contributed by atoms with Crippen LogP contribution in [0.1, 0.15) is 48.5 Å². The van der Waals surface area contributed by atoms with Crippen molar-refractivity contribution in [2.75, 3.05) is 14.2 Å². The fourth-order valence-electron chi connectivity index (χ4n) is 5.51. The van der Waals surface area contributed by atoms with E-state index in [1.54, 1.807) is 19.8 Å². The smallest absolute Gasteiger partial charge is 0.126 e. The van der Waals surface area contributed by atoms with E-state index in [1.807, 2.05) is 0 Å². The molecule has 3 rings (SSSR count). The minimum atomic E-state index is -0.768. The van der Waals surface area contributed by atoms with E-state index in [9.17, 15) is 0 Å². The summed E-state index contributed by atoms with van der Waals surface area (Å²) in [6.45, 7) is 17.0. The van der Waals surface area contributed by atoms with Crippen LogP contribution >= 0.6 is 15.8 Å². The Morgan fingerprint density at radius 1 is 0.758 bits per heavy atom. The summed E-state index contributed by atoms with van der Waals surface area (Å²) in [6.07, 6.45) is 7.08. The van der Waals surface area contributed by atoms with E-state index in [4.69, 9.17) is 9.47 Å². The number of ether oxygens (including phenoxy) is 2. The second-order valence-electron chi connectivity index (χ2n) is 10.6. The number of hydrogen-bond acceptors (Lipinski definition) is 2. The van der Waals surface area contributed by atoms with Crippen molar-refractivity contribution in [2.24, 2.45) is 0 Å². The number of hydrogen-bond donors (Lipinski definition) is 0. The lowest BCUT2D eigenvalue weighted by Crippen LogP contribution is -2.34. The van der Waals surface area contributed by atoms with Crippen LogP contribution in [0.2, 0.25) is 0 Å². The average molecular weight is 483 g/mol. The molecule has 1 aliphatic carbocycles. The Morgan fingerprint density at radius 2 is 1.21 bits per heavy atom. The van der Waals surface area contributed by atoms with Crippen LogP contribution in [-0.4, -0.2) is 35.8 Å². The van der Waals surface area contributed by atoms with Crippen molar-refractivity contribution in [3.8, 4) is 11.5 Å². The molecule has 178 valence electrons. The summed E-state index contributed by atoms with van der Waals surface area (Å²) in [4.78, 5) is 0. The van der Waals surface area contributed by atoms with Crippen LogP contribution < -0.4 is 20.1 Å². The predicted molar refractivity (Wildman–Crippen MR) is 149 cm³/mol. The summed E-state index contributed by atoms with van der Waals surface area (Å²) in [5, 5.41) is 3.06. The standard InChI is InChI=1S/C29H40O2P2/c1-21(33(28(2,3)4)29(5,6)7)22-15-14-20-25(22)32(26-18-12-10-16-23(26)30-8)27-19-13-11-17-24(27)31-9/h10-21,25H,1-9H3/t21-,25?/m0/s1.